The van der Waals surface area contributed by atoms with Crippen molar-refractivity contribution in [1.29, 1.82) is 5.26 Å². The number of phenolic OH excluding ortho intramolecular Hbond substituents is 1. The summed E-state index contributed by atoms with van der Waals surface area (Å²) in [5, 5.41) is 62.8. The number of aliphatic hydroxyl groups excluding tert-OH is 3. The largest absolute Gasteiger partial charge is 0.515 e. The summed E-state index contributed by atoms with van der Waals surface area (Å²) in [5.41, 5.74) is 24.5. The zero-order valence-electron chi connectivity index (χ0n) is 79.4. The van der Waals surface area contributed by atoms with Gasteiger partial charge in [0, 0.05) is 97.8 Å². The fraction of sp³-hybridized carbons (Fsp3) is 0.339. The van der Waals surface area contributed by atoms with E-state index in [1.807, 2.05) is 143 Å². The van der Waals surface area contributed by atoms with Crippen LogP contribution in [-0.2, 0) is 40.7 Å². The third kappa shape index (κ3) is 29.3. The first-order chi connectivity index (χ1) is 64.7. The molecule has 17 rings (SSSR count). The second kappa shape index (κ2) is 53.0. The van der Waals surface area contributed by atoms with Crippen molar-refractivity contribution in [2.24, 2.45) is 20.7 Å². The van der Waals surface area contributed by atoms with Gasteiger partial charge in [-0.05, 0) is 214 Å². The maximum absolute atomic E-state index is 12.1. The number of piperazine rings is 1. The molecule has 5 heterocycles. The molecule has 26 heteroatoms. The second-order valence-corrected chi connectivity index (χ2v) is 35.9. The van der Waals surface area contributed by atoms with Gasteiger partial charge in [0.25, 0.3) is 5.91 Å². The molecule has 710 valence electrons. The Morgan fingerprint density at radius 2 is 1.11 bits per heavy atom. The van der Waals surface area contributed by atoms with Crippen LogP contribution in [0.25, 0.3) is 10.8 Å². The Morgan fingerprint density at radius 3 is 1.66 bits per heavy atom. The van der Waals surface area contributed by atoms with Crippen LogP contribution in [0, 0.1) is 39.0 Å². The van der Waals surface area contributed by atoms with E-state index in [2.05, 4.69) is 141 Å². The Balaban J connectivity index is 0.000000173. The van der Waals surface area contributed by atoms with Gasteiger partial charge in [0.05, 0.1) is 107 Å². The number of benzene rings is 9. The normalized spacial score (nSPS) is 18.7. The number of nitrogens with two attached hydrogens (primary N) is 1. The van der Waals surface area contributed by atoms with Gasteiger partial charge in [0.2, 0.25) is 10.2 Å². The number of quaternary nitrogens is 1. The number of thioether (sulfide) groups is 2. The molecule has 135 heavy (non-hydrogen) atoms. The number of aryl methyl sites for hydroxylation is 4. The number of nitriles is 1. The minimum absolute atomic E-state index is 0. The number of methoxy groups -OCH3 is 2. The molecule has 0 aromatic heterocycles. The van der Waals surface area contributed by atoms with E-state index in [1.165, 1.54) is 51.2 Å². The van der Waals surface area contributed by atoms with Crippen LogP contribution in [0.1, 0.15) is 151 Å². The molecule has 10 N–H and O–H groups in total. The summed E-state index contributed by atoms with van der Waals surface area (Å²) in [6.07, 6.45) is 12.1. The number of Topliss-reactive ketones (excluding diaryl/α,β-unsaturated/α-hetero) is 3. The first-order valence-electron chi connectivity index (χ1n) is 45.9. The first-order valence-corrected chi connectivity index (χ1v) is 47.9. The van der Waals surface area contributed by atoms with Gasteiger partial charge in [-0.25, -0.2) is 4.99 Å². The number of likely N-dealkylation sites (tertiary alicyclic amines) is 1. The Morgan fingerprint density at radius 1 is 0.593 bits per heavy atom. The van der Waals surface area contributed by atoms with Gasteiger partial charge in [0.1, 0.15) is 40.1 Å². The maximum Gasteiger partial charge on any atom is 0.276 e. The van der Waals surface area contributed by atoms with E-state index >= 15 is 0 Å². The van der Waals surface area contributed by atoms with Crippen LogP contribution in [-0.4, -0.2) is 160 Å². The van der Waals surface area contributed by atoms with Crippen LogP contribution in [0.2, 0.25) is 0 Å². The third-order valence-electron chi connectivity index (χ3n) is 24.9. The number of para-hydroxylation sites is 7. The number of nitrogens with one attached hydrogen (secondary N) is 4. The summed E-state index contributed by atoms with van der Waals surface area (Å²) < 4.78 is 11.1. The lowest BCUT2D eigenvalue weighted by atomic mass is 9.74. The fourth-order valence-electron chi connectivity index (χ4n) is 17.4. The van der Waals surface area contributed by atoms with Gasteiger partial charge in [-0.3, -0.25) is 48.1 Å². The van der Waals surface area contributed by atoms with Gasteiger partial charge in [-0.1, -0.05) is 189 Å². The molecule has 9 aromatic rings. The highest BCUT2D eigenvalue weighted by atomic mass is 35.5. The molecular weight excluding hydrogens is 1750 g/mol. The zero-order chi connectivity index (χ0) is 96.3. The summed E-state index contributed by atoms with van der Waals surface area (Å²) in [6.45, 7) is 27.2. The molecule has 9 aromatic carbocycles. The number of piperidine rings is 2. The van der Waals surface area contributed by atoms with E-state index in [1.54, 1.807) is 46.3 Å². The second-order valence-electron chi connectivity index (χ2n) is 34.0. The predicted octanol–water partition coefficient (Wildman–Crippen LogP) is 22.1. The van der Waals surface area contributed by atoms with E-state index in [-0.39, 0.29) is 80.2 Å². The molecule has 1 saturated carbocycles. The van der Waals surface area contributed by atoms with E-state index in [4.69, 9.17) is 20.3 Å². The molecule has 0 spiro atoms. The van der Waals surface area contributed by atoms with Crippen molar-refractivity contribution in [1.82, 2.24) is 20.0 Å². The number of rotatable bonds is 19. The number of allylic oxidation sites excluding steroid dienone is 5. The van der Waals surface area contributed by atoms with E-state index < -0.39 is 0 Å². The highest BCUT2D eigenvalue weighted by molar-refractivity contribution is 8.15. The van der Waals surface area contributed by atoms with Crippen molar-refractivity contribution in [2.75, 3.05) is 88.7 Å². The molecule has 23 nitrogen and oxygen atoms in total. The van der Waals surface area contributed by atoms with Crippen molar-refractivity contribution >= 4 is 131 Å². The molecule has 4 fully saturated rings. The highest BCUT2D eigenvalue weighted by Gasteiger charge is 2.46. The molecule has 3 saturated heterocycles. The topological polar surface area (TPSA) is 340 Å². The van der Waals surface area contributed by atoms with Crippen molar-refractivity contribution < 1.29 is 58.7 Å². The maximum atomic E-state index is 12.1. The molecule has 3 aliphatic carbocycles. The van der Waals surface area contributed by atoms with Crippen LogP contribution in [0.15, 0.2) is 284 Å². The van der Waals surface area contributed by atoms with Crippen LogP contribution in [0.5, 0.6) is 17.2 Å². The number of ketones is 3. The molecule has 2 unspecified atom stereocenters. The number of aliphatic hydroxyl groups is 3. The molecule has 2 atom stereocenters. The summed E-state index contributed by atoms with van der Waals surface area (Å²) in [4.78, 5) is 84.9. The number of amides is 1. The smallest absolute Gasteiger partial charge is 0.276 e. The number of nitrogens with zero attached hydrogens (tertiary/aromatic N) is 6. The molecule has 0 radical (unpaired) electrons. The van der Waals surface area contributed by atoms with Gasteiger partial charge in [-0.2, -0.15) is 5.26 Å². The van der Waals surface area contributed by atoms with Gasteiger partial charge in [-0.15, -0.1) is 12.4 Å². The number of carbonyl (C=O) groups is 6. The van der Waals surface area contributed by atoms with Crippen molar-refractivity contribution in [3.05, 3.63) is 303 Å². The summed E-state index contributed by atoms with van der Waals surface area (Å²) >= 11 is 2.16. The number of aliphatic imine (C=N–C) groups is 3. The zero-order valence-corrected chi connectivity index (χ0v) is 81.8. The molecule has 0 bridgehead atoms. The quantitative estimate of drug-likeness (QED) is 0.0157. The van der Waals surface area contributed by atoms with Gasteiger partial charge < -0.3 is 56.9 Å². The van der Waals surface area contributed by atoms with Crippen molar-refractivity contribution in [3.8, 4) is 23.3 Å². The monoisotopic (exact) mass is 1880 g/mol. The van der Waals surface area contributed by atoms with E-state index in [0.29, 0.717) is 71.2 Å². The number of phenols is 1. The number of unbranched alkanes of at least 4 members (excludes halogenated alkanes) is 1. The van der Waals surface area contributed by atoms with Gasteiger partial charge in [0.15, 0.2) is 23.4 Å². The van der Waals surface area contributed by atoms with E-state index in [9.17, 15) is 49.3 Å². The lowest BCUT2D eigenvalue weighted by molar-refractivity contribution is -0.124. The number of hydrogen-bond donors (Lipinski definition) is 9. The Bertz CT molecular complexity index is 5820. The summed E-state index contributed by atoms with van der Waals surface area (Å²) in [6, 6.07) is 71.7. The number of hydrogen-bond acceptors (Lipinski definition) is 23. The standard InChI is InChI=1S/C18H28N2O.C15H18N2.C13H13NO2S.2C13H15NO2.C13H13NO2.C12H14N2.C12H11NO3S.ClH/c1-4-5-12-20(13-7-6-11-16(20)18(19)21)17-14(2)9-8-10-15(17)3;1-2-7-15-13(4-1)5-3-6-14(15)12-17-10-8-16-9-11-17;1-8-5-3-4-6-10(8)14-9(2)12-11(15)7-17-13(12)16;1-9-12(7-8-13(9)15)14-10-3-5-11(16-2)6-4-10;1-9-10(7-8-12(9)15)14-11-5-3-4-6-13(11)16-2;1-9-4-2-3-5-11(9)14-12-6-7-13(16)10(12)8-15;13-10-12(6-8-14-9-7-12)11-4-2-1-3-5-11;1-7(11-10(15)6-17-12(11)16)13-8-4-2-3-5-9(8)14;/h8-10,16H,4-7,11-13H2,1-3H3,(H-,19,21);1-7,16H,8-12H2;3-6,15H,7H2,1-2H3;2*3-6,14H,7-8H2,1-2H3;2-5,8,15H,6-7H2,1H3;1-5,14H,6-9H2;2-5,14-15H,6H2,1H3;1H/p+1. The van der Waals surface area contributed by atoms with Crippen LogP contribution in [0.4, 0.5) is 34.1 Å². The Kier molecular flexibility index (Phi) is 41.7. The first kappa shape index (κ1) is 106. The lowest BCUT2D eigenvalue weighted by Gasteiger charge is -2.47. The summed E-state index contributed by atoms with van der Waals surface area (Å²) in [5.74, 6) is 2.82. The summed E-state index contributed by atoms with van der Waals surface area (Å²) in [7, 11) is 3.28. The van der Waals surface area contributed by atoms with Crippen LogP contribution in [0.3, 0.4) is 0 Å². The average Bonchev–Trinajstić information content (AvgIpc) is 1.57. The lowest BCUT2D eigenvalue weighted by Crippen LogP contribution is -2.64. The molecule has 5 aliphatic heterocycles. The minimum atomic E-state index is -0.244. The van der Waals surface area contributed by atoms with Crippen molar-refractivity contribution in [2.45, 2.75) is 164 Å². The molecule has 8 aliphatic rings. The van der Waals surface area contributed by atoms with E-state index in [0.717, 1.165) is 212 Å². The highest BCUT2D eigenvalue weighted by Crippen LogP contribution is 2.41. The number of ether oxygens (including phenoxy) is 2. The fourth-order valence-corrected chi connectivity index (χ4v) is 19.0. The Hall–Kier alpha value is -12.5. The number of fused-ring (bicyclic) bond motifs is 1. The van der Waals surface area contributed by atoms with Crippen molar-refractivity contribution in [3.63, 3.8) is 0 Å². The SMILES string of the molecule is CC(=Nc1ccccc1C)C1=C(O)CSC1=O.CC(=Nc1ccccc1O)C1=C(O)CSC1=O.CCCC[N+]1(c2c(C)cccc2C)CCCCC1C(N)=O.COc1ccc(NC2=C(C)C(=O)CC2)cc1.COc1ccccc1NC1=C(C)C(=O)CC1.Cc1ccccc1N=C1CCC(=O)C1=CO.Cl.N#CC1(c2ccccc2)CCNCC1.c1ccc2c(CN3CCNCC3)cccc2c1. The van der Waals surface area contributed by atoms with Crippen LogP contribution >= 0.6 is 35.9 Å². The number of anilines is 2. The predicted molar refractivity (Wildman–Crippen MR) is 554 cm³/mol. The molecule has 1 amide bonds. The number of primary amides is 1. The van der Waals surface area contributed by atoms with Gasteiger partial charge >= 0.3 is 0 Å². The number of carbonyl (C=O) groups excluding carboxylic acids is 6. The number of halogens is 1. The third-order valence-corrected chi connectivity index (χ3v) is 26.6. The number of aromatic hydroxyl groups is 1. The Labute approximate surface area is 809 Å². The van der Waals surface area contributed by atoms with Crippen LogP contribution < -0.4 is 41.0 Å². The minimum Gasteiger partial charge on any atom is -0.515 e. The molecular formula is C109H129ClN11O12S2+. The average molecular weight is 1880 g/mol.